The fourth-order valence-corrected chi connectivity index (χ4v) is 2.40. The Kier molecular flexibility index (Phi) is 4.39. The molecular formula is C15H19FN2O. The van der Waals surface area contributed by atoms with Crippen LogP contribution < -0.4 is 4.74 Å². The summed E-state index contributed by atoms with van der Waals surface area (Å²) in [5, 5.41) is 8.97. The molecule has 1 fully saturated rings. The number of rotatable bonds is 3. The zero-order chi connectivity index (χ0) is 13.8. The Morgan fingerprint density at radius 1 is 1.37 bits per heavy atom. The summed E-state index contributed by atoms with van der Waals surface area (Å²) in [6, 6.07) is 6.94. The highest BCUT2D eigenvalue weighted by Gasteiger charge is 2.23. The van der Waals surface area contributed by atoms with Gasteiger partial charge in [0.25, 0.3) is 0 Å². The molecule has 1 aromatic carbocycles. The molecule has 0 N–H and O–H groups in total. The number of hydrogen-bond acceptors (Lipinski definition) is 3. The molecule has 0 atom stereocenters. The van der Waals surface area contributed by atoms with Crippen molar-refractivity contribution in [3.8, 4) is 11.8 Å². The van der Waals surface area contributed by atoms with Crippen molar-refractivity contribution in [2.75, 3.05) is 13.1 Å². The number of benzene rings is 1. The monoisotopic (exact) mass is 262 g/mol. The lowest BCUT2D eigenvalue weighted by Gasteiger charge is -2.34. The minimum absolute atomic E-state index is 0.00814. The minimum Gasteiger partial charge on any atom is -0.489 e. The first-order valence-electron chi connectivity index (χ1n) is 6.71. The first-order valence-corrected chi connectivity index (χ1v) is 6.71. The predicted octanol–water partition coefficient (Wildman–Crippen LogP) is 2.95. The molecule has 0 amide bonds. The number of piperidine rings is 1. The van der Waals surface area contributed by atoms with E-state index in [1.165, 1.54) is 6.07 Å². The van der Waals surface area contributed by atoms with Crippen molar-refractivity contribution in [2.24, 2.45) is 0 Å². The maximum Gasteiger partial charge on any atom is 0.144 e. The van der Waals surface area contributed by atoms with E-state index in [2.05, 4.69) is 18.7 Å². The van der Waals surface area contributed by atoms with E-state index < -0.39 is 5.82 Å². The Bertz CT molecular complexity index is 474. The molecule has 102 valence electrons. The molecule has 3 nitrogen and oxygen atoms in total. The van der Waals surface area contributed by atoms with E-state index in [1.807, 2.05) is 6.07 Å². The topological polar surface area (TPSA) is 36.3 Å². The van der Waals surface area contributed by atoms with Gasteiger partial charge < -0.3 is 9.64 Å². The van der Waals surface area contributed by atoms with Crippen molar-refractivity contribution >= 4 is 0 Å². The van der Waals surface area contributed by atoms with Crippen LogP contribution in [-0.2, 0) is 0 Å². The van der Waals surface area contributed by atoms with E-state index in [9.17, 15) is 4.39 Å². The van der Waals surface area contributed by atoms with Gasteiger partial charge >= 0.3 is 0 Å². The zero-order valence-corrected chi connectivity index (χ0v) is 11.4. The van der Waals surface area contributed by atoms with Gasteiger partial charge in [-0.15, -0.1) is 0 Å². The average Bonchev–Trinajstić information content (AvgIpc) is 2.39. The summed E-state index contributed by atoms with van der Waals surface area (Å²) in [4.78, 5) is 2.40. The molecule has 1 aliphatic rings. The lowest BCUT2D eigenvalue weighted by molar-refractivity contribution is 0.0839. The summed E-state index contributed by atoms with van der Waals surface area (Å²) in [6.07, 6.45) is 1.91. The van der Waals surface area contributed by atoms with Gasteiger partial charge in [-0.25, -0.2) is 4.39 Å². The predicted molar refractivity (Wildman–Crippen MR) is 71.5 cm³/mol. The fourth-order valence-electron chi connectivity index (χ4n) is 2.40. The highest BCUT2D eigenvalue weighted by molar-refractivity contribution is 5.43. The molecule has 0 bridgehead atoms. The summed E-state index contributed by atoms with van der Waals surface area (Å²) in [5.41, 5.74) is 0.00814. The third-order valence-corrected chi connectivity index (χ3v) is 3.59. The molecule has 1 aromatic rings. The smallest absolute Gasteiger partial charge is 0.144 e. The van der Waals surface area contributed by atoms with Gasteiger partial charge in [0.15, 0.2) is 0 Å². The molecule has 0 saturated carbocycles. The second-order valence-electron chi connectivity index (χ2n) is 5.17. The maximum atomic E-state index is 13.5. The lowest BCUT2D eigenvalue weighted by Crippen LogP contribution is -2.41. The second-order valence-corrected chi connectivity index (χ2v) is 5.17. The summed E-state index contributed by atoms with van der Waals surface area (Å²) >= 11 is 0. The molecule has 1 saturated heterocycles. The van der Waals surface area contributed by atoms with Gasteiger partial charge in [0.05, 0.1) is 0 Å². The largest absolute Gasteiger partial charge is 0.489 e. The number of hydrogen-bond donors (Lipinski definition) is 0. The highest BCUT2D eigenvalue weighted by Crippen LogP contribution is 2.25. The van der Waals surface area contributed by atoms with Crippen LogP contribution in [0.4, 0.5) is 4.39 Å². The van der Waals surface area contributed by atoms with Crippen LogP contribution in [0.1, 0.15) is 32.3 Å². The van der Waals surface area contributed by atoms with Crippen molar-refractivity contribution in [3.05, 3.63) is 29.6 Å². The third kappa shape index (κ3) is 3.24. The van der Waals surface area contributed by atoms with Crippen LogP contribution in [0.15, 0.2) is 18.2 Å². The Hall–Kier alpha value is -1.60. The number of nitriles is 1. The average molecular weight is 262 g/mol. The van der Waals surface area contributed by atoms with E-state index >= 15 is 0 Å². The van der Waals surface area contributed by atoms with Gasteiger partial charge in [-0.1, -0.05) is 6.07 Å². The Balaban J connectivity index is 2.00. The first kappa shape index (κ1) is 13.8. The molecule has 0 unspecified atom stereocenters. The lowest BCUT2D eigenvalue weighted by atomic mass is 10.1. The van der Waals surface area contributed by atoms with Crippen LogP contribution in [0.2, 0.25) is 0 Å². The molecule has 0 aliphatic carbocycles. The van der Waals surface area contributed by atoms with Crippen LogP contribution in [0.3, 0.4) is 0 Å². The minimum atomic E-state index is -0.514. The van der Waals surface area contributed by atoms with Gasteiger partial charge in [-0.05, 0) is 38.8 Å². The third-order valence-electron chi connectivity index (χ3n) is 3.59. The van der Waals surface area contributed by atoms with Gasteiger partial charge in [0.2, 0.25) is 0 Å². The van der Waals surface area contributed by atoms with Crippen LogP contribution in [0, 0.1) is 17.1 Å². The van der Waals surface area contributed by atoms with Crippen LogP contribution >= 0.6 is 0 Å². The molecule has 1 aliphatic heterocycles. The van der Waals surface area contributed by atoms with Crippen molar-refractivity contribution in [2.45, 2.75) is 38.8 Å². The Morgan fingerprint density at radius 3 is 2.63 bits per heavy atom. The molecule has 2 rings (SSSR count). The van der Waals surface area contributed by atoms with Crippen molar-refractivity contribution in [1.82, 2.24) is 4.90 Å². The number of halogens is 1. The van der Waals surface area contributed by atoms with E-state index in [1.54, 1.807) is 12.1 Å². The SMILES string of the molecule is CC(C)N1CCC(Oc2cccc(F)c2C#N)CC1. The van der Waals surface area contributed by atoms with Gasteiger partial charge in [0.1, 0.15) is 29.3 Å². The quantitative estimate of drug-likeness (QED) is 0.840. The summed E-state index contributed by atoms with van der Waals surface area (Å²) in [6.45, 7) is 6.34. The van der Waals surface area contributed by atoms with Crippen LogP contribution in [0.25, 0.3) is 0 Å². The molecular weight excluding hydrogens is 243 g/mol. The number of nitrogens with zero attached hydrogens (tertiary/aromatic N) is 2. The molecule has 19 heavy (non-hydrogen) atoms. The van der Waals surface area contributed by atoms with E-state index in [0.29, 0.717) is 11.8 Å². The van der Waals surface area contributed by atoms with Crippen molar-refractivity contribution in [1.29, 1.82) is 5.26 Å². The van der Waals surface area contributed by atoms with Gasteiger partial charge in [0, 0.05) is 19.1 Å². The Labute approximate surface area is 113 Å². The molecule has 4 heteroatoms. The van der Waals surface area contributed by atoms with Gasteiger partial charge in [-0.3, -0.25) is 0 Å². The number of likely N-dealkylation sites (tertiary alicyclic amines) is 1. The van der Waals surface area contributed by atoms with E-state index in [0.717, 1.165) is 25.9 Å². The molecule has 0 aromatic heterocycles. The standard InChI is InChI=1S/C15H19FN2O/c1-11(2)18-8-6-12(7-9-18)19-15-5-3-4-14(16)13(15)10-17/h3-5,11-12H,6-9H2,1-2H3. The Morgan fingerprint density at radius 2 is 2.05 bits per heavy atom. The van der Waals surface area contributed by atoms with Crippen LogP contribution in [-0.4, -0.2) is 30.1 Å². The first-order chi connectivity index (χ1) is 9.11. The molecule has 0 spiro atoms. The second kappa shape index (κ2) is 6.03. The van der Waals surface area contributed by atoms with Gasteiger partial charge in [-0.2, -0.15) is 5.26 Å². The van der Waals surface area contributed by atoms with Crippen molar-refractivity contribution < 1.29 is 9.13 Å². The summed E-state index contributed by atoms with van der Waals surface area (Å²) < 4.78 is 19.3. The summed E-state index contributed by atoms with van der Waals surface area (Å²) in [5.74, 6) is -0.148. The number of ether oxygens (including phenoxy) is 1. The van der Waals surface area contributed by atoms with Crippen molar-refractivity contribution in [3.63, 3.8) is 0 Å². The normalized spacial score (nSPS) is 17.4. The summed E-state index contributed by atoms with van der Waals surface area (Å²) in [7, 11) is 0. The van der Waals surface area contributed by atoms with E-state index in [-0.39, 0.29) is 11.7 Å². The molecule has 0 radical (unpaired) electrons. The highest BCUT2D eigenvalue weighted by atomic mass is 19.1. The van der Waals surface area contributed by atoms with Crippen LogP contribution in [0.5, 0.6) is 5.75 Å². The maximum absolute atomic E-state index is 13.5. The zero-order valence-electron chi connectivity index (χ0n) is 11.4. The fraction of sp³-hybridized carbons (Fsp3) is 0.533. The van der Waals surface area contributed by atoms with E-state index in [4.69, 9.17) is 10.00 Å². The molecule has 1 heterocycles.